The van der Waals surface area contributed by atoms with Crippen LogP contribution in [-0.2, 0) is 10.0 Å². The number of para-hydroxylation sites is 1. The fraction of sp³-hybridized carbons (Fsp3) is 0.235. The molecule has 1 aliphatic rings. The molecule has 0 aliphatic carbocycles. The number of aromatic hydroxyl groups is 1. The average molecular weight is 412 g/mol. The number of nitrogens with zero attached hydrogens (tertiary/aromatic N) is 3. The van der Waals surface area contributed by atoms with Crippen LogP contribution in [0.5, 0.6) is 5.75 Å². The molecule has 3 rings (SSSR count). The van der Waals surface area contributed by atoms with E-state index in [-0.39, 0.29) is 28.0 Å². The van der Waals surface area contributed by atoms with Crippen molar-refractivity contribution in [2.75, 3.05) is 31.1 Å². The number of nitriles is 1. The van der Waals surface area contributed by atoms with E-state index in [4.69, 9.17) is 23.2 Å². The van der Waals surface area contributed by atoms with Crippen LogP contribution in [0.15, 0.2) is 41.3 Å². The summed E-state index contributed by atoms with van der Waals surface area (Å²) in [5, 5.41) is 19.3. The van der Waals surface area contributed by atoms with E-state index in [2.05, 4.69) is 6.07 Å². The maximum atomic E-state index is 12.9. The number of benzene rings is 2. The van der Waals surface area contributed by atoms with Gasteiger partial charge in [-0.15, -0.1) is 0 Å². The molecule has 2 aromatic rings. The first-order valence-electron chi connectivity index (χ1n) is 7.77. The molecule has 136 valence electrons. The summed E-state index contributed by atoms with van der Waals surface area (Å²) in [5.41, 5.74) is 1.32. The molecule has 9 heteroatoms. The Labute approximate surface area is 161 Å². The molecule has 1 aliphatic heterocycles. The molecule has 0 radical (unpaired) electrons. The van der Waals surface area contributed by atoms with Crippen molar-refractivity contribution in [3.63, 3.8) is 0 Å². The Morgan fingerprint density at radius 1 is 1.08 bits per heavy atom. The summed E-state index contributed by atoms with van der Waals surface area (Å²) in [6.45, 7) is 1.28. The van der Waals surface area contributed by atoms with E-state index >= 15 is 0 Å². The average Bonchev–Trinajstić information content (AvgIpc) is 2.64. The van der Waals surface area contributed by atoms with Gasteiger partial charge < -0.3 is 10.0 Å². The molecule has 0 saturated carbocycles. The number of piperazine rings is 1. The molecule has 2 aromatic carbocycles. The fourth-order valence-electron chi connectivity index (χ4n) is 2.89. The van der Waals surface area contributed by atoms with E-state index < -0.39 is 15.8 Å². The third-order valence-electron chi connectivity index (χ3n) is 4.21. The molecule has 6 nitrogen and oxygen atoms in total. The first-order valence-corrected chi connectivity index (χ1v) is 9.96. The standard InChI is InChI=1S/C17H15Cl2N3O3S/c18-13-9-14(19)17(23)16(10-13)26(24,25)22-7-5-21(6-8-22)15-4-2-1-3-12(15)11-20/h1-4,9-10,23H,5-8H2. The number of phenolic OH excluding ortho intramolecular Hbond substituents is 1. The van der Waals surface area contributed by atoms with E-state index in [1.807, 2.05) is 17.0 Å². The summed E-state index contributed by atoms with van der Waals surface area (Å²) in [6.07, 6.45) is 0. The second-order valence-electron chi connectivity index (χ2n) is 5.75. The molecule has 1 saturated heterocycles. The van der Waals surface area contributed by atoms with Gasteiger partial charge in [-0.3, -0.25) is 0 Å². The summed E-state index contributed by atoms with van der Waals surface area (Å²) in [5.74, 6) is -0.506. The summed E-state index contributed by atoms with van der Waals surface area (Å²) >= 11 is 11.7. The highest BCUT2D eigenvalue weighted by atomic mass is 35.5. The Kier molecular flexibility index (Phi) is 5.30. The SMILES string of the molecule is N#Cc1ccccc1N1CCN(S(=O)(=O)c2cc(Cl)cc(Cl)c2O)CC1. The molecular formula is C17H15Cl2N3O3S. The van der Waals surface area contributed by atoms with Crippen molar-refractivity contribution in [2.45, 2.75) is 4.90 Å². The smallest absolute Gasteiger partial charge is 0.246 e. The van der Waals surface area contributed by atoms with Gasteiger partial charge in [-0.05, 0) is 24.3 Å². The number of hydrogen-bond acceptors (Lipinski definition) is 5. The van der Waals surface area contributed by atoms with Gasteiger partial charge in [0.1, 0.15) is 11.0 Å². The number of anilines is 1. The van der Waals surface area contributed by atoms with Crippen molar-refractivity contribution < 1.29 is 13.5 Å². The van der Waals surface area contributed by atoms with Crippen molar-refractivity contribution in [1.82, 2.24) is 4.31 Å². The van der Waals surface area contributed by atoms with Crippen LogP contribution in [0.2, 0.25) is 10.0 Å². The Morgan fingerprint density at radius 3 is 2.38 bits per heavy atom. The van der Waals surface area contributed by atoms with Crippen molar-refractivity contribution in [3.05, 3.63) is 52.0 Å². The minimum absolute atomic E-state index is 0.113. The molecule has 0 aromatic heterocycles. The normalized spacial score (nSPS) is 15.7. The minimum Gasteiger partial charge on any atom is -0.505 e. The van der Waals surface area contributed by atoms with Crippen molar-refractivity contribution >= 4 is 38.9 Å². The summed E-state index contributed by atoms with van der Waals surface area (Å²) in [7, 11) is -3.94. The lowest BCUT2D eigenvalue weighted by Crippen LogP contribution is -2.48. The zero-order valence-corrected chi connectivity index (χ0v) is 15.9. The Morgan fingerprint density at radius 2 is 1.73 bits per heavy atom. The molecule has 26 heavy (non-hydrogen) atoms. The monoisotopic (exact) mass is 411 g/mol. The molecule has 1 heterocycles. The van der Waals surface area contributed by atoms with Crippen LogP contribution < -0.4 is 4.90 Å². The lowest BCUT2D eigenvalue weighted by atomic mass is 10.1. The quantitative estimate of drug-likeness (QED) is 0.838. The van der Waals surface area contributed by atoms with Gasteiger partial charge in [0.15, 0.2) is 5.75 Å². The largest absolute Gasteiger partial charge is 0.505 e. The molecule has 1 N–H and O–H groups in total. The number of rotatable bonds is 3. The van der Waals surface area contributed by atoms with Crippen LogP contribution in [0.4, 0.5) is 5.69 Å². The van der Waals surface area contributed by atoms with Gasteiger partial charge in [0, 0.05) is 31.2 Å². The zero-order chi connectivity index (χ0) is 18.9. The van der Waals surface area contributed by atoms with Crippen molar-refractivity contribution in [3.8, 4) is 11.8 Å². The van der Waals surface area contributed by atoms with E-state index in [1.165, 1.54) is 16.4 Å². The first kappa shape index (κ1) is 18.8. The predicted molar refractivity (Wildman–Crippen MR) is 100 cm³/mol. The number of phenols is 1. The number of halogens is 2. The van der Waals surface area contributed by atoms with Gasteiger partial charge in [0.05, 0.1) is 16.3 Å². The van der Waals surface area contributed by atoms with E-state index in [0.29, 0.717) is 18.7 Å². The highest BCUT2D eigenvalue weighted by molar-refractivity contribution is 7.89. The van der Waals surface area contributed by atoms with Gasteiger partial charge in [0.2, 0.25) is 10.0 Å². The lowest BCUT2D eigenvalue weighted by Gasteiger charge is -2.35. The fourth-order valence-corrected chi connectivity index (χ4v) is 5.06. The third-order valence-corrected chi connectivity index (χ3v) is 6.63. The number of sulfonamides is 1. The summed E-state index contributed by atoms with van der Waals surface area (Å²) in [4.78, 5) is 1.66. The van der Waals surface area contributed by atoms with Gasteiger partial charge in [-0.1, -0.05) is 35.3 Å². The van der Waals surface area contributed by atoms with Crippen molar-refractivity contribution in [2.24, 2.45) is 0 Å². The zero-order valence-electron chi connectivity index (χ0n) is 13.6. The third kappa shape index (κ3) is 3.46. The predicted octanol–water partition coefficient (Wildman–Crippen LogP) is 3.08. The molecule has 0 atom stereocenters. The van der Waals surface area contributed by atoms with E-state index in [9.17, 15) is 18.8 Å². The van der Waals surface area contributed by atoms with E-state index in [0.717, 1.165) is 5.69 Å². The molecule has 0 unspecified atom stereocenters. The van der Waals surface area contributed by atoms with Gasteiger partial charge in [0.25, 0.3) is 0 Å². The molecule has 1 fully saturated rings. The highest BCUT2D eigenvalue weighted by Gasteiger charge is 2.32. The Balaban J connectivity index is 1.83. The van der Waals surface area contributed by atoms with Crippen molar-refractivity contribution in [1.29, 1.82) is 5.26 Å². The molecule has 0 spiro atoms. The first-order chi connectivity index (χ1) is 12.3. The van der Waals surface area contributed by atoms with Gasteiger partial charge in [-0.2, -0.15) is 9.57 Å². The second kappa shape index (κ2) is 7.33. The van der Waals surface area contributed by atoms with Gasteiger partial charge in [-0.25, -0.2) is 8.42 Å². The van der Waals surface area contributed by atoms with Crippen LogP contribution in [0.3, 0.4) is 0 Å². The molecular weight excluding hydrogens is 397 g/mol. The lowest BCUT2D eigenvalue weighted by molar-refractivity contribution is 0.380. The van der Waals surface area contributed by atoms with Crippen LogP contribution in [-0.4, -0.2) is 44.0 Å². The minimum atomic E-state index is -3.94. The Bertz CT molecular complexity index is 981. The molecule has 0 bridgehead atoms. The van der Waals surface area contributed by atoms with Gasteiger partial charge >= 0.3 is 0 Å². The highest BCUT2D eigenvalue weighted by Crippen LogP contribution is 2.36. The summed E-state index contributed by atoms with van der Waals surface area (Å²) in [6, 6.07) is 11.8. The molecule has 0 amide bonds. The topological polar surface area (TPSA) is 84.6 Å². The summed E-state index contributed by atoms with van der Waals surface area (Å²) < 4.78 is 27.0. The number of hydrogen-bond donors (Lipinski definition) is 1. The van der Waals surface area contributed by atoms with Crippen LogP contribution in [0.25, 0.3) is 0 Å². The Hall–Kier alpha value is -1.98. The maximum Gasteiger partial charge on any atom is 0.246 e. The van der Waals surface area contributed by atoms with E-state index in [1.54, 1.807) is 12.1 Å². The van der Waals surface area contributed by atoms with Crippen LogP contribution in [0, 0.1) is 11.3 Å². The maximum absolute atomic E-state index is 12.9. The van der Waals surface area contributed by atoms with Crippen LogP contribution in [0.1, 0.15) is 5.56 Å². The van der Waals surface area contributed by atoms with Crippen LogP contribution >= 0.6 is 23.2 Å². The second-order valence-corrected chi connectivity index (χ2v) is 8.50.